The van der Waals surface area contributed by atoms with Gasteiger partial charge in [-0.2, -0.15) is 0 Å². The van der Waals surface area contributed by atoms with E-state index >= 15 is 0 Å². The van der Waals surface area contributed by atoms with Crippen LogP contribution in [0.3, 0.4) is 0 Å². The smallest absolute Gasteiger partial charge is 0.264 e. The number of amides is 1. The molecule has 37 heavy (non-hydrogen) atoms. The molecule has 8 heteroatoms. The third kappa shape index (κ3) is 7.84. The van der Waals surface area contributed by atoms with E-state index in [1.165, 1.54) is 17.0 Å². The highest BCUT2D eigenvalue weighted by Crippen LogP contribution is 2.32. The fourth-order valence-electron chi connectivity index (χ4n) is 4.21. The van der Waals surface area contributed by atoms with E-state index in [1.54, 1.807) is 36.0 Å². The fraction of sp³-hybridized carbons (Fsp3) is 0.345. The molecule has 1 saturated heterocycles. The maximum Gasteiger partial charge on any atom is 0.264 e. The molecule has 3 aromatic rings. The Morgan fingerprint density at radius 3 is 2.22 bits per heavy atom. The van der Waals surface area contributed by atoms with Crippen LogP contribution in [0.2, 0.25) is 0 Å². The molecule has 1 amide bonds. The number of carbonyl (C=O) groups excluding carboxylic acids is 1. The Bertz CT molecular complexity index is 1270. The van der Waals surface area contributed by atoms with Crippen molar-refractivity contribution in [1.29, 1.82) is 0 Å². The van der Waals surface area contributed by atoms with Crippen LogP contribution in [-0.4, -0.2) is 39.7 Å². The number of piperidine rings is 1. The predicted molar refractivity (Wildman–Crippen MR) is 152 cm³/mol. The third-order valence-corrected chi connectivity index (χ3v) is 9.05. The fourth-order valence-corrected chi connectivity index (χ4v) is 6.02. The average molecular weight is 538 g/mol. The minimum Gasteiger partial charge on any atom is -0.371 e. The van der Waals surface area contributed by atoms with Gasteiger partial charge in [0.2, 0.25) is 0 Å². The summed E-state index contributed by atoms with van der Waals surface area (Å²) in [6, 6.07) is 24.0. The summed E-state index contributed by atoms with van der Waals surface area (Å²) in [6.45, 7) is 8.01. The largest absolute Gasteiger partial charge is 0.371 e. The molecule has 1 fully saturated rings. The Kier molecular flexibility index (Phi) is 8.95. The van der Waals surface area contributed by atoms with Crippen LogP contribution in [0.1, 0.15) is 42.6 Å². The van der Waals surface area contributed by atoms with Gasteiger partial charge in [0, 0.05) is 48.1 Å². The monoisotopic (exact) mass is 537 g/mol. The van der Waals surface area contributed by atoms with Crippen molar-refractivity contribution in [3.63, 3.8) is 0 Å². The molecular weight excluding hydrogens is 502 g/mol. The molecule has 0 atom stereocenters. The number of thioether (sulfide) groups is 1. The standard InChI is InChI=1S/C29H35N3O3S2/c1-29(2)16-19-32(20-17-29)25-12-10-24(11-13-25)28(33)31-37(34,35)27-14-8-23(9-15-27)22-30-18-21-36-26-6-4-3-5-7-26/h3-15,30H,16-22H2,1-2H3,(H,31,33). The zero-order chi connectivity index (χ0) is 26.3. The molecule has 0 aromatic heterocycles. The SMILES string of the molecule is CC1(C)CCN(c2ccc(C(=O)NS(=O)(=O)c3ccc(CNCCSc4ccccc4)cc3)cc2)CC1. The Balaban J connectivity index is 1.25. The molecule has 2 N–H and O–H groups in total. The van der Waals surface area contributed by atoms with Crippen LogP contribution in [0.25, 0.3) is 0 Å². The molecule has 0 unspecified atom stereocenters. The second-order valence-electron chi connectivity index (χ2n) is 10.1. The topological polar surface area (TPSA) is 78.5 Å². The van der Waals surface area contributed by atoms with E-state index < -0.39 is 15.9 Å². The second-order valence-corrected chi connectivity index (χ2v) is 13.0. The van der Waals surface area contributed by atoms with E-state index in [0.717, 1.165) is 49.5 Å². The van der Waals surface area contributed by atoms with Crippen molar-refractivity contribution in [1.82, 2.24) is 10.0 Å². The molecule has 1 aliphatic rings. The number of hydrogen-bond donors (Lipinski definition) is 2. The number of benzene rings is 3. The first kappa shape index (κ1) is 27.2. The average Bonchev–Trinajstić information content (AvgIpc) is 2.89. The molecule has 0 bridgehead atoms. The molecule has 0 saturated carbocycles. The van der Waals surface area contributed by atoms with Crippen LogP contribution in [0.4, 0.5) is 5.69 Å². The summed E-state index contributed by atoms with van der Waals surface area (Å²) < 4.78 is 27.8. The van der Waals surface area contributed by atoms with Crippen LogP contribution in [0.5, 0.6) is 0 Å². The van der Waals surface area contributed by atoms with Gasteiger partial charge >= 0.3 is 0 Å². The molecule has 1 aliphatic heterocycles. The van der Waals surface area contributed by atoms with Crippen molar-refractivity contribution in [2.45, 2.75) is 43.0 Å². The van der Waals surface area contributed by atoms with Crippen LogP contribution in [-0.2, 0) is 16.6 Å². The van der Waals surface area contributed by atoms with Crippen molar-refractivity contribution in [3.8, 4) is 0 Å². The quantitative estimate of drug-likeness (QED) is 0.269. The zero-order valence-electron chi connectivity index (χ0n) is 21.4. The molecule has 4 rings (SSSR count). The lowest BCUT2D eigenvalue weighted by atomic mass is 9.82. The van der Waals surface area contributed by atoms with Crippen LogP contribution < -0.4 is 14.9 Å². The first-order valence-corrected chi connectivity index (χ1v) is 15.1. The van der Waals surface area contributed by atoms with E-state index in [4.69, 9.17) is 0 Å². The van der Waals surface area contributed by atoms with Gasteiger partial charge in [-0.05, 0) is 72.4 Å². The van der Waals surface area contributed by atoms with Gasteiger partial charge in [0.05, 0.1) is 4.90 Å². The molecule has 6 nitrogen and oxygen atoms in total. The molecule has 0 aliphatic carbocycles. The molecular formula is C29H35N3O3S2. The van der Waals surface area contributed by atoms with Crippen LogP contribution in [0, 0.1) is 5.41 Å². The van der Waals surface area contributed by atoms with E-state index in [0.29, 0.717) is 17.5 Å². The second kappa shape index (κ2) is 12.2. The predicted octanol–water partition coefficient (Wildman–Crippen LogP) is 5.31. The molecule has 196 valence electrons. The number of carbonyl (C=O) groups is 1. The van der Waals surface area contributed by atoms with Crippen molar-refractivity contribution >= 4 is 33.4 Å². The Hall–Kier alpha value is -2.81. The van der Waals surface area contributed by atoms with Crippen molar-refractivity contribution in [3.05, 3.63) is 90.0 Å². The zero-order valence-corrected chi connectivity index (χ0v) is 23.1. The highest BCUT2D eigenvalue weighted by atomic mass is 32.2. The third-order valence-electron chi connectivity index (χ3n) is 6.69. The van der Waals surface area contributed by atoms with Gasteiger partial charge in [-0.1, -0.05) is 44.2 Å². The van der Waals surface area contributed by atoms with E-state index in [2.05, 4.69) is 40.9 Å². The summed E-state index contributed by atoms with van der Waals surface area (Å²) in [7, 11) is -3.96. The van der Waals surface area contributed by atoms with Gasteiger partial charge in [-0.15, -0.1) is 11.8 Å². The lowest BCUT2D eigenvalue weighted by Gasteiger charge is -2.38. The van der Waals surface area contributed by atoms with Crippen LogP contribution >= 0.6 is 11.8 Å². The summed E-state index contributed by atoms with van der Waals surface area (Å²) in [5.41, 5.74) is 2.71. The normalized spacial score (nSPS) is 15.4. The lowest BCUT2D eigenvalue weighted by Crippen LogP contribution is -2.37. The van der Waals surface area contributed by atoms with Gasteiger partial charge in [-0.3, -0.25) is 4.79 Å². The Morgan fingerprint density at radius 2 is 1.57 bits per heavy atom. The minimum absolute atomic E-state index is 0.0665. The number of nitrogens with one attached hydrogen (secondary N) is 2. The van der Waals surface area contributed by atoms with Gasteiger partial charge in [-0.25, -0.2) is 13.1 Å². The molecule has 0 radical (unpaired) electrons. The highest BCUT2D eigenvalue weighted by Gasteiger charge is 2.25. The summed E-state index contributed by atoms with van der Waals surface area (Å²) in [5.74, 6) is 0.313. The molecule has 0 spiro atoms. The van der Waals surface area contributed by atoms with Crippen molar-refractivity contribution in [2.24, 2.45) is 5.41 Å². The number of hydrogen-bond acceptors (Lipinski definition) is 6. The van der Waals surface area contributed by atoms with Gasteiger partial charge < -0.3 is 10.2 Å². The number of sulfonamides is 1. The van der Waals surface area contributed by atoms with Gasteiger partial charge in [0.1, 0.15) is 0 Å². The van der Waals surface area contributed by atoms with Gasteiger partial charge in [0.15, 0.2) is 0 Å². The Labute approximate surface area is 224 Å². The maximum atomic E-state index is 12.8. The highest BCUT2D eigenvalue weighted by molar-refractivity contribution is 7.99. The molecule has 1 heterocycles. The van der Waals surface area contributed by atoms with E-state index in [1.807, 2.05) is 30.3 Å². The summed E-state index contributed by atoms with van der Waals surface area (Å²) >= 11 is 1.79. The van der Waals surface area contributed by atoms with E-state index in [9.17, 15) is 13.2 Å². The maximum absolute atomic E-state index is 12.8. The first-order valence-electron chi connectivity index (χ1n) is 12.6. The first-order chi connectivity index (χ1) is 17.7. The summed E-state index contributed by atoms with van der Waals surface area (Å²) in [6.07, 6.45) is 2.24. The number of nitrogens with zero attached hydrogens (tertiary/aromatic N) is 1. The van der Waals surface area contributed by atoms with Crippen molar-refractivity contribution < 1.29 is 13.2 Å². The Morgan fingerprint density at radius 1 is 0.919 bits per heavy atom. The number of rotatable bonds is 10. The van der Waals surface area contributed by atoms with Crippen LogP contribution in [0.15, 0.2) is 88.7 Å². The van der Waals surface area contributed by atoms with Crippen molar-refractivity contribution in [2.75, 3.05) is 30.3 Å². The molecule has 3 aromatic carbocycles. The number of anilines is 1. The summed E-state index contributed by atoms with van der Waals surface area (Å²) in [4.78, 5) is 16.3. The lowest BCUT2D eigenvalue weighted by molar-refractivity contribution is 0.0981. The van der Waals surface area contributed by atoms with E-state index in [-0.39, 0.29) is 4.90 Å². The summed E-state index contributed by atoms with van der Waals surface area (Å²) in [5, 5.41) is 3.37. The minimum atomic E-state index is -3.96. The van der Waals surface area contributed by atoms with Gasteiger partial charge in [0.25, 0.3) is 15.9 Å².